The first-order valence-corrected chi connectivity index (χ1v) is 34.5. The summed E-state index contributed by atoms with van der Waals surface area (Å²) in [5, 5.41) is 70.0. The number of benzene rings is 2. The third kappa shape index (κ3) is 28.5. The van der Waals surface area contributed by atoms with Crippen LogP contribution in [0.3, 0.4) is 0 Å². The maximum absolute atomic E-state index is 14.4. The van der Waals surface area contributed by atoms with Crippen molar-refractivity contribution in [2.75, 3.05) is 65.2 Å². The van der Waals surface area contributed by atoms with Gasteiger partial charge in [-0.1, -0.05) is 30.3 Å². The molecule has 12 amide bonds. The second-order valence-electron chi connectivity index (χ2n) is 24.7. The van der Waals surface area contributed by atoms with Gasteiger partial charge in [-0.2, -0.15) is 12.6 Å². The molecule has 3 aromatic rings. The number of thiol groups is 1. The van der Waals surface area contributed by atoms with E-state index in [0.29, 0.717) is 43.0 Å². The summed E-state index contributed by atoms with van der Waals surface area (Å²) in [6.45, 7) is 2.60. The number of nitrogens with two attached hydrogens (primary N) is 3. The highest BCUT2D eigenvalue weighted by molar-refractivity contribution is 7.80. The Balaban J connectivity index is 1.46. The number of aliphatic hydroxyl groups excluding tert-OH is 3. The van der Waals surface area contributed by atoms with Crippen LogP contribution in [-0.4, -0.2) is 262 Å². The van der Waals surface area contributed by atoms with Gasteiger partial charge in [0, 0.05) is 68.3 Å². The Kier molecular flexibility index (Phi) is 37.0. The minimum atomic E-state index is -1.84. The van der Waals surface area contributed by atoms with Gasteiger partial charge in [-0.25, -0.2) is 0 Å². The highest BCUT2D eigenvalue weighted by Gasteiger charge is 2.40. The highest BCUT2D eigenvalue weighted by atomic mass is 32.1. The number of aromatic hydroxyl groups is 1. The van der Waals surface area contributed by atoms with E-state index in [-0.39, 0.29) is 115 Å². The van der Waals surface area contributed by atoms with Gasteiger partial charge < -0.3 is 120 Å². The average molecular weight is 1470 g/mol. The van der Waals surface area contributed by atoms with Crippen LogP contribution in [0.25, 0.3) is 10.9 Å². The monoisotopic (exact) mass is 1460 g/mol. The number of rotatable bonds is 46. The van der Waals surface area contributed by atoms with Gasteiger partial charge in [0.05, 0.1) is 44.4 Å². The molecule has 22 N–H and O–H groups in total. The smallest absolute Gasteiger partial charge is 0.245 e. The lowest BCUT2D eigenvalue weighted by atomic mass is 10.0. The molecule has 1 aliphatic heterocycles. The summed E-state index contributed by atoms with van der Waals surface area (Å²) in [6.07, 6.45) is -0.767. The number of likely N-dealkylation sites (tertiary alicyclic amines) is 1. The maximum Gasteiger partial charge on any atom is 0.245 e. The molecule has 4 rings (SSSR count). The molecule has 0 saturated carbocycles. The molecule has 2 heterocycles. The number of aldehydes is 2. The zero-order valence-corrected chi connectivity index (χ0v) is 59.0. The fourth-order valence-electron chi connectivity index (χ4n) is 11.1. The Labute approximate surface area is 600 Å². The predicted molar refractivity (Wildman–Crippen MR) is 378 cm³/mol. The van der Waals surface area contributed by atoms with E-state index in [9.17, 15) is 87.5 Å². The van der Waals surface area contributed by atoms with Crippen molar-refractivity contribution >= 4 is 113 Å². The molecule has 0 radical (unpaired) electrons. The molecule has 0 bridgehead atoms. The van der Waals surface area contributed by atoms with Crippen molar-refractivity contribution in [1.29, 1.82) is 0 Å². The molecule has 36 nitrogen and oxygen atoms in total. The second kappa shape index (κ2) is 44.5. The van der Waals surface area contributed by atoms with Gasteiger partial charge in [0.1, 0.15) is 72.7 Å². The quantitative estimate of drug-likeness (QED) is 0.00822. The lowest BCUT2D eigenvalue weighted by Crippen LogP contribution is -2.62. The highest BCUT2D eigenvalue weighted by Crippen LogP contribution is 2.22. The van der Waals surface area contributed by atoms with Gasteiger partial charge in [-0.05, 0) is 115 Å². The largest absolute Gasteiger partial charge is 0.508 e. The summed E-state index contributed by atoms with van der Waals surface area (Å²) in [7, 11) is 1.47. The number of aromatic amines is 1. The van der Waals surface area contributed by atoms with Crippen LogP contribution in [0.5, 0.6) is 5.75 Å². The summed E-state index contributed by atoms with van der Waals surface area (Å²) in [4.78, 5) is 197. The third-order valence-electron chi connectivity index (χ3n) is 16.7. The predicted octanol–water partition coefficient (Wildman–Crippen LogP) is -6.37. The summed E-state index contributed by atoms with van der Waals surface area (Å²) < 4.78 is 0. The van der Waals surface area contributed by atoms with Crippen LogP contribution in [0.15, 0.2) is 59.7 Å². The number of aliphatic hydroxyl groups is 3. The summed E-state index contributed by atoms with van der Waals surface area (Å²) in [6, 6.07) is -1.41. The molecule has 0 aliphatic carbocycles. The van der Waals surface area contributed by atoms with Crippen LogP contribution >= 0.6 is 12.6 Å². The number of phenolic OH excluding ortho intramolecular Hbond substituents is 1. The number of nitrogens with one attached hydrogen (secondary N) is 12. The Morgan fingerprint density at radius 1 is 0.699 bits per heavy atom. The van der Waals surface area contributed by atoms with Crippen LogP contribution in [0.4, 0.5) is 0 Å². The number of carbonyl (C=O) groups is 14. The first-order chi connectivity index (χ1) is 49.1. The van der Waals surface area contributed by atoms with Crippen LogP contribution < -0.4 is 75.7 Å². The van der Waals surface area contributed by atoms with Crippen LogP contribution in [-0.2, 0) is 80.0 Å². The number of carbonyl (C=O) groups excluding carboxylic acids is 14. The molecule has 3 unspecified atom stereocenters. The van der Waals surface area contributed by atoms with Crippen LogP contribution in [0.2, 0.25) is 0 Å². The van der Waals surface area contributed by atoms with E-state index in [4.69, 9.17) is 17.2 Å². The van der Waals surface area contributed by atoms with Gasteiger partial charge in [-0.3, -0.25) is 62.5 Å². The van der Waals surface area contributed by atoms with Crippen molar-refractivity contribution in [2.45, 2.75) is 170 Å². The molecular weight excluding hydrogens is 1360 g/mol. The number of unbranched alkanes of at least 4 members (excludes halogenated alkanes) is 1. The number of aliphatic imine (C=N–C) groups is 1. The van der Waals surface area contributed by atoms with E-state index in [1.807, 2.05) is 0 Å². The number of hydrogen-bond donors (Lipinski definition) is 20. The van der Waals surface area contributed by atoms with E-state index in [2.05, 4.69) is 81.1 Å². The van der Waals surface area contributed by atoms with E-state index >= 15 is 0 Å². The van der Waals surface area contributed by atoms with Gasteiger partial charge >= 0.3 is 0 Å². The minimum Gasteiger partial charge on any atom is -0.508 e. The van der Waals surface area contributed by atoms with Crippen molar-refractivity contribution < 1.29 is 87.5 Å². The fraction of sp³-hybridized carbons (Fsp3) is 0.561. The first kappa shape index (κ1) is 85.6. The molecule has 1 saturated heterocycles. The molecule has 2 aromatic carbocycles. The van der Waals surface area contributed by atoms with Crippen molar-refractivity contribution in [1.82, 2.24) is 73.3 Å². The summed E-state index contributed by atoms with van der Waals surface area (Å²) in [5.74, 6) is -10.0. The fourth-order valence-corrected chi connectivity index (χ4v) is 11.3. The topological polar surface area (TPSA) is 565 Å². The van der Waals surface area contributed by atoms with Gasteiger partial charge in [0.25, 0.3) is 0 Å². The molecular formula is C66H100N18O18S. The molecule has 103 heavy (non-hydrogen) atoms. The lowest BCUT2D eigenvalue weighted by Gasteiger charge is -2.29. The van der Waals surface area contributed by atoms with Gasteiger partial charge in [0.2, 0.25) is 70.9 Å². The van der Waals surface area contributed by atoms with E-state index in [0.717, 1.165) is 17.8 Å². The number of amides is 12. The Morgan fingerprint density at radius 3 is 1.91 bits per heavy atom. The Bertz CT molecular complexity index is 3390. The normalized spacial score (nSPS) is 15.8. The van der Waals surface area contributed by atoms with E-state index < -0.39 is 157 Å². The SMILES string of the molecule is CN[C@@H](CC(=O)N(CCS)CCCC(=O)N[C@H](C(=O)NC(CCCN=C(N)N)C(=O)N[C@H](C(=O)NC(CCCCN)C(=O)N[C@@H](C)C(=O)NC(Cc1ccc(O)cc1)C(=O)N[C@@H](Cc1c[nH]c2ccccc12)C(=O)N[C@H](C=O)CO)[C@@H](C)O)[C@@H](C)O)C(=O)N1CCC[C@H]1C(=O)NCC(=O)NCC=O. The number of nitrogens with zero attached hydrogens (tertiary/aromatic N) is 3. The number of hydrogen-bond acceptors (Lipinski definition) is 22. The zero-order chi connectivity index (χ0) is 76.3. The molecule has 1 aliphatic rings. The number of H-pyrrole nitrogens is 1. The number of para-hydroxylation sites is 1. The molecule has 1 aromatic heterocycles. The number of phenols is 1. The number of aromatic nitrogens is 1. The first-order valence-electron chi connectivity index (χ1n) is 33.9. The van der Waals surface area contributed by atoms with Crippen molar-refractivity contribution in [3.8, 4) is 5.75 Å². The van der Waals surface area contributed by atoms with Gasteiger partial charge in [-0.15, -0.1) is 0 Å². The van der Waals surface area contributed by atoms with Crippen molar-refractivity contribution in [2.24, 2.45) is 22.2 Å². The molecule has 568 valence electrons. The molecule has 0 spiro atoms. The van der Waals surface area contributed by atoms with Crippen molar-refractivity contribution in [3.05, 3.63) is 65.9 Å². The maximum atomic E-state index is 14.4. The molecule has 12 atom stereocenters. The van der Waals surface area contributed by atoms with E-state index in [1.165, 1.54) is 55.0 Å². The minimum absolute atomic E-state index is 0.0112. The summed E-state index contributed by atoms with van der Waals surface area (Å²) in [5.41, 5.74) is 18.6. The number of fused-ring (bicyclic) bond motifs is 1. The summed E-state index contributed by atoms with van der Waals surface area (Å²) >= 11 is 4.28. The number of guanidine groups is 1. The van der Waals surface area contributed by atoms with Crippen LogP contribution in [0.1, 0.15) is 96.1 Å². The molecule has 37 heteroatoms. The van der Waals surface area contributed by atoms with E-state index in [1.54, 1.807) is 30.5 Å². The number of likely N-dealkylation sites (N-methyl/N-ethyl adjacent to an activating group) is 1. The Morgan fingerprint density at radius 2 is 1.30 bits per heavy atom. The lowest BCUT2D eigenvalue weighted by molar-refractivity contribution is -0.142. The standard InChI is InChI=1S/C66H100N18O18S/c1-37(57(94)79-48(30-40-18-20-43(90)21-19-40)61(98)80-49(60(97)76-42(35-86)36-87)31-41-33-73-45-13-6-5-12-44(41)45)75-58(95)46(14-7-8-22-67)77-64(101)56(39(3)89)82-59(96)47(15-9-23-72-66(68)69)78-63(100)55(38(2)88)81-52(91)17-11-25-83(27-29-103)54(93)32-50(70-4)65(102)84-26-10-16-51(84)62(99)74-34-53(92)71-24-28-85/h5-6,12-13,18-21,28,33,35,37-39,42,46-51,55-56,70,73,87-90,103H,7-11,14-17,22-27,29-32,34,36,67H2,1-4H3,(H,71,92)(H,74,99)(H,75,95)(H,76,97)(H,77,101)(H,78,100)(H,79,94)(H,80,98)(H,81,91)(H,82,96)(H4,68,69,72)/t37-,38+,39+,42+,46?,47?,48?,49-,50-,51-,55-,56-/m0/s1. The third-order valence-corrected chi connectivity index (χ3v) is 16.9. The average Bonchev–Trinajstić information content (AvgIpc) is 1.72. The second-order valence-corrected chi connectivity index (χ2v) is 25.2. The molecule has 1 fully saturated rings. The van der Waals surface area contributed by atoms with Gasteiger partial charge in [0.15, 0.2) is 5.96 Å². The van der Waals surface area contributed by atoms with Crippen molar-refractivity contribution in [3.63, 3.8) is 0 Å². The van der Waals surface area contributed by atoms with Crippen LogP contribution in [0, 0.1) is 0 Å². The Hall–Kier alpha value is -9.82. The zero-order valence-electron chi connectivity index (χ0n) is 58.2.